The molecule has 25 heavy (non-hydrogen) atoms. The lowest BCUT2D eigenvalue weighted by Gasteiger charge is -2.18. The Bertz CT molecular complexity index is 838. The summed E-state index contributed by atoms with van der Waals surface area (Å²) in [4.78, 5) is 15.1. The molecule has 0 saturated heterocycles. The highest BCUT2D eigenvalue weighted by atomic mass is 79.9. The molecular weight excluding hydrogens is 378 g/mol. The van der Waals surface area contributed by atoms with Crippen LogP contribution in [0, 0.1) is 6.92 Å². The zero-order chi connectivity index (χ0) is 17.6. The molecule has 0 aliphatic heterocycles. The number of anilines is 3. The molecule has 0 aliphatic carbocycles. The van der Waals surface area contributed by atoms with Crippen molar-refractivity contribution in [3.05, 3.63) is 70.6 Å². The monoisotopic (exact) mass is 397 g/mol. The smallest absolute Gasteiger partial charge is 0.227 e. The van der Waals surface area contributed by atoms with E-state index in [-0.39, 0.29) is 0 Å². The van der Waals surface area contributed by atoms with E-state index >= 15 is 0 Å². The first kappa shape index (κ1) is 17.4. The molecule has 0 saturated carbocycles. The van der Waals surface area contributed by atoms with Crippen LogP contribution in [-0.4, -0.2) is 28.5 Å². The minimum absolute atomic E-state index is 0.703. The second-order valence-electron chi connectivity index (χ2n) is 5.85. The lowest BCUT2D eigenvalue weighted by molar-refractivity contribution is 0.837. The number of hydrogen-bond donors (Lipinski definition) is 1. The average molecular weight is 398 g/mol. The van der Waals surface area contributed by atoms with Crippen molar-refractivity contribution in [2.45, 2.75) is 13.3 Å². The molecule has 0 aliphatic rings. The lowest BCUT2D eigenvalue weighted by Crippen LogP contribution is -2.22. The summed E-state index contributed by atoms with van der Waals surface area (Å²) in [6, 6.07) is 12.1. The molecule has 0 unspecified atom stereocenters. The van der Waals surface area contributed by atoms with Gasteiger partial charge in [0.05, 0.1) is 0 Å². The Morgan fingerprint density at radius 3 is 2.64 bits per heavy atom. The van der Waals surface area contributed by atoms with Gasteiger partial charge in [0.1, 0.15) is 5.82 Å². The number of halogens is 1. The molecule has 2 heterocycles. The maximum atomic E-state index is 4.62. The predicted octanol–water partition coefficient (Wildman–Crippen LogP) is 4.37. The minimum atomic E-state index is 0.703. The highest BCUT2D eigenvalue weighted by Crippen LogP contribution is 2.23. The van der Waals surface area contributed by atoms with Gasteiger partial charge in [0.2, 0.25) is 5.95 Å². The molecular formula is C19H20BrN5. The van der Waals surface area contributed by atoms with Crippen LogP contribution in [0.15, 0.2) is 59.5 Å². The van der Waals surface area contributed by atoms with E-state index in [1.807, 2.05) is 49.8 Å². The van der Waals surface area contributed by atoms with Crippen molar-refractivity contribution in [1.29, 1.82) is 0 Å². The summed E-state index contributed by atoms with van der Waals surface area (Å²) in [5, 5.41) is 3.36. The highest BCUT2D eigenvalue weighted by Gasteiger charge is 2.07. The van der Waals surface area contributed by atoms with E-state index in [0.29, 0.717) is 5.95 Å². The average Bonchev–Trinajstić information content (AvgIpc) is 2.63. The normalized spacial score (nSPS) is 10.5. The van der Waals surface area contributed by atoms with Gasteiger partial charge >= 0.3 is 0 Å². The zero-order valence-electron chi connectivity index (χ0n) is 14.3. The van der Waals surface area contributed by atoms with Crippen molar-refractivity contribution >= 4 is 33.4 Å². The largest absolute Gasteiger partial charge is 0.343 e. The third-order valence-electron chi connectivity index (χ3n) is 3.92. The maximum absolute atomic E-state index is 4.62. The van der Waals surface area contributed by atoms with Gasteiger partial charge < -0.3 is 10.2 Å². The fourth-order valence-corrected chi connectivity index (χ4v) is 2.93. The third-order valence-corrected chi connectivity index (χ3v) is 4.41. The maximum Gasteiger partial charge on any atom is 0.227 e. The molecule has 0 spiro atoms. The summed E-state index contributed by atoms with van der Waals surface area (Å²) < 4.78 is 1.06. The van der Waals surface area contributed by atoms with Gasteiger partial charge in [-0.1, -0.05) is 15.9 Å². The molecule has 0 amide bonds. The van der Waals surface area contributed by atoms with Crippen molar-refractivity contribution in [1.82, 2.24) is 15.0 Å². The first-order valence-electron chi connectivity index (χ1n) is 8.08. The Balaban J connectivity index is 1.68. The number of aromatic nitrogens is 3. The van der Waals surface area contributed by atoms with Gasteiger partial charge in [-0.25, -0.2) is 4.98 Å². The standard InChI is InChI=1S/C19H20BrN5/c1-14-13-16(20)3-4-17(14)23-18-7-11-22-19(24-18)25(2)12-8-15-5-9-21-10-6-15/h3-7,9-11,13H,8,12H2,1-2H3,(H,22,23,24). The Hall–Kier alpha value is -2.47. The number of nitrogens with one attached hydrogen (secondary N) is 1. The van der Waals surface area contributed by atoms with Crippen LogP contribution in [0.2, 0.25) is 0 Å². The number of aryl methyl sites for hydroxylation is 1. The Morgan fingerprint density at radius 1 is 1.08 bits per heavy atom. The van der Waals surface area contributed by atoms with Gasteiger partial charge in [-0.2, -0.15) is 4.98 Å². The first-order chi connectivity index (χ1) is 12.1. The molecule has 3 aromatic rings. The fourth-order valence-electron chi connectivity index (χ4n) is 2.45. The topological polar surface area (TPSA) is 53.9 Å². The van der Waals surface area contributed by atoms with Crippen molar-refractivity contribution in [2.24, 2.45) is 0 Å². The van der Waals surface area contributed by atoms with Gasteiger partial charge in [0.15, 0.2) is 0 Å². The van der Waals surface area contributed by atoms with Crippen molar-refractivity contribution in [3.8, 4) is 0 Å². The predicted molar refractivity (Wildman–Crippen MR) is 105 cm³/mol. The molecule has 1 N–H and O–H groups in total. The van der Waals surface area contributed by atoms with Crippen LogP contribution in [0.25, 0.3) is 0 Å². The molecule has 0 radical (unpaired) electrons. The molecule has 6 heteroatoms. The number of benzene rings is 1. The number of pyridine rings is 1. The third kappa shape index (κ3) is 4.76. The van der Waals surface area contributed by atoms with Crippen molar-refractivity contribution < 1.29 is 0 Å². The Morgan fingerprint density at radius 2 is 1.88 bits per heavy atom. The van der Waals surface area contributed by atoms with Crippen LogP contribution in [0.1, 0.15) is 11.1 Å². The highest BCUT2D eigenvalue weighted by molar-refractivity contribution is 9.10. The van der Waals surface area contributed by atoms with E-state index in [2.05, 4.69) is 54.1 Å². The van der Waals surface area contributed by atoms with Gasteiger partial charge in [-0.3, -0.25) is 4.98 Å². The molecule has 3 rings (SSSR count). The van der Waals surface area contributed by atoms with Crippen LogP contribution >= 0.6 is 15.9 Å². The summed E-state index contributed by atoms with van der Waals surface area (Å²) >= 11 is 3.48. The second-order valence-corrected chi connectivity index (χ2v) is 6.77. The van der Waals surface area contributed by atoms with Crippen LogP contribution in [0.5, 0.6) is 0 Å². The zero-order valence-corrected chi connectivity index (χ0v) is 15.9. The Labute approximate surface area is 156 Å². The van der Waals surface area contributed by atoms with E-state index < -0.39 is 0 Å². The quantitative estimate of drug-likeness (QED) is 0.669. The van der Waals surface area contributed by atoms with Crippen LogP contribution in [0.3, 0.4) is 0 Å². The molecule has 0 atom stereocenters. The lowest BCUT2D eigenvalue weighted by atomic mass is 10.2. The van der Waals surface area contributed by atoms with Crippen LogP contribution in [-0.2, 0) is 6.42 Å². The van der Waals surface area contributed by atoms with E-state index in [9.17, 15) is 0 Å². The first-order valence-corrected chi connectivity index (χ1v) is 8.87. The molecule has 128 valence electrons. The van der Waals surface area contributed by atoms with Gasteiger partial charge in [-0.05, 0) is 60.9 Å². The molecule has 2 aromatic heterocycles. The van der Waals surface area contributed by atoms with E-state index in [4.69, 9.17) is 0 Å². The minimum Gasteiger partial charge on any atom is -0.343 e. The van der Waals surface area contributed by atoms with E-state index in [1.165, 1.54) is 5.56 Å². The Kier molecular flexibility index (Phi) is 5.60. The summed E-state index contributed by atoms with van der Waals surface area (Å²) in [6.07, 6.45) is 6.33. The number of hydrogen-bond acceptors (Lipinski definition) is 5. The fraction of sp³-hybridized carbons (Fsp3) is 0.211. The summed E-state index contributed by atoms with van der Waals surface area (Å²) in [5.74, 6) is 1.49. The SMILES string of the molecule is Cc1cc(Br)ccc1Nc1ccnc(N(C)CCc2ccncc2)n1. The number of nitrogens with zero attached hydrogens (tertiary/aromatic N) is 4. The van der Waals surface area contributed by atoms with Gasteiger partial charge in [-0.15, -0.1) is 0 Å². The number of rotatable bonds is 6. The van der Waals surface area contributed by atoms with E-state index in [1.54, 1.807) is 6.20 Å². The number of likely N-dealkylation sites (N-methyl/N-ethyl adjacent to an activating group) is 1. The summed E-state index contributed by atoms with van der Waals surface area (Å²) in [6.45, 7) is 2.90. The molecule has 0 fully saturated rings. The molecule has 1 aromatic carbocycles. The summed E-state index contributed by atoms with van der Waals surface area (Å²) in [5.41, 5.74) is 3.44. The van der Waals surface area contributed by atoms with Crippen LogP contribution in [0.4, 0.5) is 17.5 Å². The van der Waals surface area contributed by atoms with E-state index in [0.717, 1.165) is 34.5 Å². The summed E-state index contributed by atoms with van der Waals surface area (Å²) in [7, 11) is 2.01. The van der Waals surface area contributed by atoms with Gasteiger partial charge in [0, 0.05) is 42.3 Å². The molecule has 5 nitrogen and oxygen atoms in total. The molecule has 0 bridgehead atoms. The van der Waals surface area contributed by atoms with Gasteiger partial charge in [0.25, 0.3) is 0 Å². The second kappa shape index (κ2) is 8.07. The van der Waals surface area contributed by atoms with Crippen LogP contribution < -0.4 is 10.2 Å². The van der Waals surface area contributed by atoms with Crippen molar-refractivity contribution in [3.63, 3.8) is 0 Å². The van der Waals surface area contributed by atoms with Crippen molar-refractivity contribution in [2.75, 3.05) is 23.8 Å².